The van der Waals surface area contributed by atoms with Gasteiger partial charge in [-0.1, -0.05) is 6.92 Å². The summed E-state index contributed by atoms with van der Waals surface area (Å²) in [5.41, 5.74) is 5.83. The molecule has 1 saturated carbocycles. The smallest absolute Gasteiger partial charge is 0.00706 e. The van der Waals surface area contributed by atoms with Gasteiger partial charge in [0.15, 0.2) is 0 Å². The highest BCUT2D eigenvalue weighted by Crippen LogP contribution is 2.17. The Morgan fingerprint density at radius 2 is 1.92 bits per heavy atom. The van der Waals surface area contributed by atoms with Gasteiger partial charge in [-0.15, -0.1) is 0 Å². The molecule has 1 atom stereocenters. The SMILES string of the molecule is CC[C@@H](C)NC1CCC(N)CC1. The topological polar surface area (TPSA) is 38.0 Å². The lowest BCUT2D eigenvalue weighted by molar-refractivity contribution is 0.317. The van der Waals surface area contributed by atoms with E-state index in [1.165, 1.54) is 32.1 Å². The van der Waals surface area contributed by atoms with Crippen LogP contribution in [0.15, 0.2) is 0 Å². The van der Waals surface area contributed by atoms with Gasteiger partial charge in [0.2, 0.25) is 0 Å². The van der Waals surface area contributed by atoms with Crippen LogP contribution in [0.2, 0.25) is 0 Å². The molecular weight excluding hydrogens is 148 g/mol. The third-order valence-corrected chi connectivity index (χ3v) is 2.90. The zero-order chi connectivity index (χ0) is 8.97. The Kier molecular flexibility index (Phi) is 4.02. The van der Waals surface area contributed by atoms with Crippen LogP contribution in [-0.4, -0.2) is 18.1 Å². The van der Waals surface area contributed by atoms with Crippen molar-refractivity contribution in [3.8, 4) is 0 Å². The van der Waals surface area contributed by atoms with Crippen molar-refractivity contribution in [3.05, 3.63) is 0 Å². The molecule has 0 bridgehead atoms. The van der Waals surface area contributed by atoms with Crippen molar-refractivity contribution in [2.24, 2.45) is 5.73 Å². The van der Waals surface area contributed by atoms with Crippen LogP contribution in [0, 0.1) is 0 Å². The Bertz CT molecular complexity index is 117. The lowest BCUT2D eigenvalue weighted by Crippen LogP contribution is -2.41. The van der Waals surface area contributed by atoms with Gasteiger partial charge in [-0.3, -0.25) is 0 Å². The molecule has 72 valence electrons. The molecule has 2 nitrogen and oxygen atoms in total. The number of rotatable bonds is 3. The maximum Gasteiger partial charge on any atom is 0.00706 e. The van der Waals surface area contributed by atoms with E-state index in [4.69, 9.17) is 5.73 Å². The van der Waals surface area contributed by atoms with Gasteiger partial charge < -0.3 is 11.1 Å². The fraction of sp³-hybridized carbons (Fsp3) is 1.00. The Morgan fingerprint density at radius 1 is 1.33 bits per heavy atom. The Morgan fingerprint density at radius 3 is 2.42 bits per heavy atom. The summed E-state index contributed by atoms with van der Waals surface area (Å²) in [7, 11) is 0. The molecule has 1 aliphatic carbocycles. The minimum atomic E-state index is 0.472. The van der Waals surface area contributed by atoms with Crippen LogP contribution in [0.25, 0.3) is 0 Å². The zero-order valence-corrected chi connectivity index (χ0v) is 8.34. The van der Waals surface area contributed by atoms with Crippen molar-refractivity contribution in [2.75, 3.05) is 0 Å². The van der Waals surface area contributed by atoms with Gasteiger partial charge in [0.25, 0.3) is 0 Å². The molecule has 0 aromatic heterocycles. The van der Waals surface area contributed by atoms with E-state index in [9.17, 15) is 0 Å². The van der Waals surface area contributed by atoms with Crippen LogP contribution in [-0.2, 0) is 0 Å². The molecule has 0 spiro atoms. The number of hydrogen-bond donors (Lipinski definition) is 2. The van der Waals surface area contributed by atoms with Crippen LogP contribution in [0.4, 0.5) is 0 Å². The van der Waals surface area contributed by atoms with Gasteiger partial charge in [-0.25, -0.2) is 0 Å². The predicted octanol–water partition coefficient (Wildman–Crippen LogP) is 1.64. The fourth-order valence-corrected chi connectivity index (χ4v) is 1.81. The molecule has 0 saturated heterocycles. The number of nitrogens with one attached hydrogen (secondary N) is 1. The minimum Gasteiger partial charge on any atom is -0.328 e. The highest BCUT2D eigenvalue weighted by molar-refractivity contribution is 4.80. The molecule has 12 heavy (non-hydrogen) atoms. The summed E-state index contributed by atoms with van der Waals surface area (Å²) in [6, 6.07) is 1.88. The third kappa shape index (κ3) is 3.11. The average molecular weight is 170 g/mol. The third-order valence-electron chi connectivity index (χ3n) is 2.90. The summed E-state index contributed by atoms with van der Waals surface area (Å²) in [4.78, 5) is 0. The molecule has 2 heteroatoms. The molecule has 0 unspecified atom stereocenters. The van der Waals surface area contributed by atoms with Crippen molar-refractivity contribution >= 4 is 0 Å². The van der Waals surface area contributed by atoms with E-state index in [-0.39, 0.29) is 0 Å². The van der Waals surface area contributed by atoms with Gasteiger partial charge >= 0.3 is 0 Å². The summed E-state index contributed by atoms with van der Waals surface area (Å²) in [5, 5.41) is 3.63. The molecule has 1 fully saturated rings. The van der Waals surface area contributed by atoms with E-state index in [1.807, 2.05) is 0 Å². The molecule has 0 heterocycles. The summed E-state index contributed by atoms with van der Waals surface area (Å²) < 4.78 is 0. The summed E-state index contributed by atoms with van der Waals surface area (Å²) in [6.07, 6.45) is 6.17. The molecule has 0 aromatic carbocycles. The van der Waals surface area contributed by atoms with Gasteiger partial charge in [0.1, 0.15) is 0 Å². The van der Waals surface area contributed by atoms with Crippen molar-refractivity contribution < 1.29 is 0 Å². The van der Waals surface area contributed by atoms with Crippen LogP contribution in [0.1, 0.15) is 46.0 Å². The first-order valence-corrected chi connectivity index (χ1v) is 5.24. The van der Waals surface area contributed by atoms with E-state index in [2.05, 4.69) is 19.2 Å². The van der Waals surface area contributed by atoms with Gasteiger partial charge in [-0.05, 0) is 39.0 Å². The van der Waals surface area contributed by atoms with E-state index in [1.54, 1.807) is 0 Å². The molecule has 0 amide bonds. The van der Waals surface area contributed by atoms with Crippen LogP contribution >= 0.6 is 0 Å². The second-order valence-electron chi connectivity index (χ2n) is 4.09. The van der Waals surface area contributed by atoms with Crippen molar-refractivity contribution in [1.29, 1.82) is 0 Å². The van der Waals surface area contributed by atoms with Crippen molar-refractivity contribution in [3.63, 3.8) is 0 Å². The lowest BCUT2D eigenvalue weighted by atomic mass is 9.91. The molecule has 3 N–H and O–H groups in total. The van der Waals surface area contributed by atoms with Crippen LogP contribution in [0.5, 0.6) is 0 Å². The number of nitrogens with two attached hydrogens (primary N) is 1. The number of hydrogen-bond acceptors (Lipinski definition) is 2. The largest absolute Gasteiger partial charge is 0.328 e. The maximum absolute atomic E-state index is 5.83. The normalized spacial score (nSPS) is 33.2. The summed E-state index contributed by atoms with van der Waals surface area (Å²) in [5.74, 6) is 0. The molecule has 1 rings (SSSR count). The quantitative estimate of drug-likeness (QED) is 0.676. The average Bonchev–Trinajstić information content (AvgIpc) is 2.09. The van der Waals surface area contributed by atoms with Crippen LogP contribution in [0.3, 0.4) is 0 Å². The van der Waals surface area contributed by atoms with Gasteiger partial charge in [-0.2, -0.15) is 0 Å². The maximum atomic E-state index is 5.83. The highest BCUT2D eigenvalue weighted by atomic mass is 14.9. The first-order chi connectivity index (χ1) is 5.72. The van der Waals surface area contributed by atoms with Gasteiger partial charge in [0.05, 0.1) is 0 Å². The standard InChI is InChI=1S/C10H22N2/c1-3-8(2)12-10-6-4-9(11)5-7-10/h8-10,12H,3-7,11H2,1-2H3/t8-,9?,10?/m1/s1. The first kappa shape index (κ1) is 10.0. The molecular formula is C10H22N2. The lowest BCUT2D eigenvalue weighted by Gasteiger charge is -2.29. The molecule has 0 aromatic rings. The minimum absolute atomic E-state index is 0.472. The van der Waals surface area contributed by atoms with E-state index < -0.39 is 0 Å². The van der Waals surface area contributed by atoms with E-state index >= 15 is 0 Å². The molecule has 0 radical (unpaired) electrons. The second-order valence-corrected chi connectivity index (χ2v) is 4.09. The van der Waals surface area contributed by atoms with Gasteiger partial charge in [0, 0.05) is 18.1 Å². The Hall–Kier alpha value is -0.0800. The summed E-state index contributed by atoms with van der Waals surface area (Å²) >= 11 is 0. The van der Waals surface area contributed by atoms with Crippen molar-refractivity contribution in [1.82, 2.24) is 5.32 Å². The van der Waals surface area contributed by atoms with Crippen LogP contribution < -0.4 is 11.1 Å². The Balaban J connectivity index is 2.17. The molecule has 1 aliphatic rings. The Labute approximate surface area is 75.9 Å². The fourth-order valence-electron chi connectivity index (χ4n) is 1.81. The van der Waals surface area contributed by atoms with E-state index in [0.717, 1.165) is 6.04 Å². The monoisotopic (exact) mass is 170 g/mol. The van der Waals surface area contributed by atoms with Crippen molar-refractivity contribution in [2.45, 2.75) is 64.1 Å². The second kappa shape index (κ2) is 4.83. The first-order valence-electron chi connectivity index (χ1n) is 5.24. The molecule has 0 aliphatic heterocycles. The predicted molar refractivity (Wildman–Crippen MR) is 53.1 cm³/mol. The van der Waals surface area contributed by atoms with E-state index in [0.29, 0.717) is 12.1 Å². The highest BCUT2D eigenvalue weighted by Gasteiger charge is 2.18. The summed E-state index contributed by atoms with van der Waals surface area (Å²) in [6.45, 7) is 4.49. The zero-order valence-electron chi connectivity index (χ0n) is 8.34.